The average molecular weight is 381 g/mol. The van der Waals surface area contributed by atoms with Gasteiger partial charge in [0.15, 0.2) is 5.75 Å². The number of thiol groups is 1. The molecule has 0 aliphatic carbocycles. The van der Waals surface area contributed by atoms with Crippen molar-refractivity contribution >= 4 is 39.1 Å². The number of nitrogens with one attached hydrogen (secondary N) is 1. The normalized spacial score (nSPS) is 13.9. The monoisotopic (exact) mass is 380 g/mol. The number of benzene rings is 2. The van der Waals surface area contributed by atoms with Gasteiger partial charge in [0, 0.05) is 18.7 Å². The number of rotatable bonds is 6. The summed E-state index contributed by atoms with van der Waals surface area (Å²) in [4.78, 5) is 13.7. The first-order valence-electron chi connectivity index (χ1n) is 7.81. The van der Waals surface area contributed by atoms with Crippen molar-refractivity contribution in [3.63, 3.8) is 0 Å². The van der Waals surface area contributed by atoms with Gasteiger partial charge in [-0.15, -0.1) is 0 Å². The quantitative estimate of drug-likeness (QED) is 0.593. The molecule has 132 valence electrons. The van der Waals surface area contributed by atoms with Crippen LogP contribution in [-0.4, -0.2) is 26.7 Å². The van der Waals surface area contributed by atoms with E-state index in [1.165, 1.54) is 6.07 Å². The van der Waals surface area contributed by atoms with Gasteiger partial charge in [0.05, 0.1) is 11.4 Å². The predicted octanol–water partition coefficient (Wildman–Crippen LogP) is 3.40. The molecule has 1 aliphatic heterocycles. The van der Waals surface area contributed by atoms with Crippen LogP contribution in [0.3, 0.4) is 0 Å². The van der Waals surface area contributed by atoms with Crippen LogP contribution in [0.5, 0.6) is 11.5 Å². The molecule has 2 aromatic rings. The fourth-order valence-electron chi connectivity index (χ4n) is 2.81. The van der Waals surface area contributed by atoms with E-state index in [0.29, 0.717) is 17.2 Å². The number of nitrogens with zero attached hydrogens (tertiary/aromatic N) is 1. The van der Waals surface area contributed by atoms with E-state index < -0.39 is 16.1 Å². The lowest BCUT2D eigenvalue weighted by molar-refractivity contribution is 0.108. The second-order valence-corrected chi connectivity index (χ2v) is 6.71. The summed E-state index contributed by atoms with van der Waals surface area (Å²) in [6.45, 7) is 1.60. The second-order valence-electron chi connectivity index (χ2n) is 5.62. The minimum atomic E-state index is -2.93. The average Bonchev–Trinajstić information content (AvgIpc) is 3.11. The smallest absolute Gasteiger partial charge is 0.252 e. The third-order valence-electron chi connectivity index (χ3n) is 3.92. The van der Waals surface area contributed by atoms with Crippen LogP contribution in [0.2, 0.25) is 0 Å². The molecule has 0 aromatic heterocycles. The molecule has 2 aromatic carbocycles. The zero-order valence-corrected chi connectivity index (χ0v) is 14.9. The summed E-state index contributed by atoms with van der Waals surface area (Å²) in [5.74, 6) is 0.922. The van der Waals surface area contributed by atoms with Crippen LogP contribution in [0.1, 0.15) is 23.2 Å². The largest absolute Gasteiger partial charge is 0.453 e. The molecular weight excluding hydrogens is 364 g/mol. The summed E-state index contributed by atoms with van der Waals surface area (Å²) < 4.78 is 30.8. The van der Waals surface area contributed by atoms with Crippen molar-refractivity contribution in [2.75, 3.05) is 22.7 Å². The fourth-order valence-corrected chi connectivity index (χ4v) is 3.29. The number of hydrogen-bond donors (Lipinski definition) is 2. The molecule has 0 saturated carbocycles. The Morgan fingerprint density at radius 2 is 1.80 bits per heavy atom. The minimum absolute atomic E-state index is 0.188. The van der Waals surface area contributed by atoms with Gasteiger partial charge < -0.3 is 9.64 Å². The van der Waals surface area contributed by atoms with Gasteiger partial charge in [0.1, 0.15) is 5.75 Å². The van der Waals surface area contributed by atoms with Crippen molar-refractivity contribution in [3.05, 3.63) is 48.0 Å². The summed E-state index contributed by atoms with van der Waals surface area (Å²) in [5.41, 5.74) is 1.05. The third kappa shape index (κ3) is 4.24. The van der Waals surface area contributed by atoms with Crippen LogP contribution in [0.15, 0.2) is 42.5 Å². The lowest BCUT2D eigenvalue weighted by Gasteiger charge is -2.24. The standard InChI is InChI=1S/C17H17ClN2O4S/c18-17(21)12-10-14(19-25(22)23)16(24-13-6-2-1-3-7-13)15(11-12)20-8-4-5-9-20/h1-3,6-7,10-11,25H,4-5,8-9H2,(H,19,22,23). The van der Waals surface area contributed by atoms with E-state index in [1.54, 1.807) is 18.2 Å². The number of ether oxygens (including phenoxy) is 1. The first kappa shape index (κ1) is 17.6. The lowest BCUT2D eigenvalue weighted by atomic mass is 10.1. The van der Waals surface area contributed by atoms with Crippen molar-refractivity contribution in [1.82, 2.24) is 0 Å². The van der Waals surface area contributed by atoms with Crippen LogP contribution >= 0.6 is 11.6 Å². The molecule has 0 radical (unpaired) electrons. The molecule has 0 amide bonds. The number of anilines is 2. The molecule has 1 aliphatic rings. The first-order chi connectivity index (χ1) is 12.0. The summed E-state index contributed by atoms with van der Waals surface area (Å²) >= 11 is 5.63. The SMILES string of the molecule is O=C(Cl)c1cc(N[SH](=O)=O)c(Oc2ccccc2)c(N2CCCC2)c1. The summed E-state index contributed by atoms with van der Waals surface area (Å²) in [6.07, 6.45) is 2.03. The minimum Gasteiger partial charge on any atom is -0.453 e. The number of carbonyl (C=O) groups is 1. The molecule has 3 rings (SSSR count). The van der Waals surface area contributed by atoms with Crippen LogP contribution in [0.25, 0.3) is 0 Å². The molecule has 0 atom stereocenters. The van der Waals surface area contributed by atoms with Gasteiger partial charge in [-0.1, -0.05) is 18.2 Å². The highest BCUT2D eigenvalue weighted by Crippen LogP contribution is 2.42. The fraction of sp³-hybridized carbons (Fsp3) is 0.235. The highest BCUT2D eigenvalue weighted by molar-refractivity contribution is 7.73. The van der Waals surface area contributed by atoms with Gasteiger partial charge in [-0.05, 0) is 48.7 Å². The topological polar surface area (TPSA) is 75.7 Å². The molecule has 0 bridgehead atoms. The van der Waals surface area contributed by atoms with E-state index in [-0.39, 0.29) is 11.3 Å². The maximum atomic E-state index is 11.6. The van der Waals surface area contributed by atoms with E-state index in [1.807, 2.05) is 18.2 Å². The summed E-state index contributed by atoms with van der Waals surface area (Å²) in [5, 5.41) is -0.657. The van der Waals surface area contributed by atoms with E-state index in [2.05, 4.69) is 9.62 Å². The van der Waals surface area contributed by atoms with Crippen LogP contribution in [0.4, 0.5) is 11.4 Å². The Hall–Kier alpha value is -2.25. The molecule has 8 heteroatoms. The van der Waals surface area contributed by atoms with Crippen LogP contribution in [-0.2, 0) is 10.9 Å². The van der Waals surface area contributed by atoms with Gasteiger partial charge in [-0.25, -0.2) is 8.42 Å². The Morgan fingerprint density at radius 3 is 2.40 bits per heavy atom. The zero-order valence-electron chi connectivity index (χ0n) is 13.3. The molecule has 1 heterocycles. The third-order valence-corrected chi connectivity index (χ3v) is 4.56. The summed E-state index contributed by atoms with van der Waals surface area (Å²) in [7, 11) is -2.93. The van der Waals surface area contributed by atoms with E-state index in [9.17, 15) is 13.2 Å². The predicted molar refractivity (Wildman–Crippen MR) is 98.5 cm³/mol. The van der Waals surface area contributed by atoms with Crippen LogP contribution < -0.4 is 14.4 Å². The number of carbonyl (C=O) groups excluding carboxylic acids is 1. The van der Waals surface area contributed by atoms with Crippen molar-refractivity contribution in [2.45, 2.75) is 12.8 Å². The van der Waals surface area contributed by atoms with Gasteiger partial charge in [0.2, 0.25) is 10.9 Å². The molecule has 1 saturated heterocycles. The van der Waals surface area contributed by atoms with Crippen molar-refractivity contribution in [3.8, 4) is 11.5 Å². The Kier molecular flexibility index (Phi) is 5.45. The Balaban J connectivity index is 2.14. The van der Waals surface area contributed by atoms with Crippen LogP contribution in [0, 0.1) is 0 Å². The molecule has 0 spiro atoms. The maximum absolute atomic E-state index is 11.6. The van der Waals surface area contributed by atoms with Gasteiger partial charge in [-0.2, -0.15) is 0 Å². The molecule has 0 unspecified atom stereocenters. The highest BCUT2D eigenvalue weighted by Gasteiger charge is 2.23. The molecule has 6 nitrogen and oxygen atoms in total. The molecular formula is C17H17ClN2O4S. The van der Waals surface area contributed by atoms with Gasteiger partial charge in [-0.3, -0.25) is 9.52 Å². The van der Waals surface area contributed by atoms with Gasteiger partial charge in [0.25, 0.3) is 5.24 Å². The lowest BCUT2D eigenvalue weighted by Crippen LogP contribution is -2.19. The van der Waals surface area contributed by atoms with Crippen molar-refractivity contribution in [1.29, 1.82) is 0 Å². The Bertz CT molecular complexity index is 841. The molecule has 25 heavy (non-hydrogen) atoms. The second kappa shape index (κ2) is 7.76. The Morgan fingerprint density at radius 1 is 1.12 bits per heavy atom. The Labute approximate surface area is 152 Å². The van der Waals surface area contributed by atoms with E-state index in [4.69, 9.17) is 16.3 Å². The zero-order chi connectivity index (χ0) is 17.8. The van der Waals surface area contributed by atoms with Crippen molar-refractivity contribution < 1.29 is 17.9 Å². The molecule has 1 N–H and O–H groups in total. The summed E-state index contributed by atoms with van der Waals surface area (Å²) in [6, 6.07) is 12.1. The van der Waals surface area contributed by atoms with E-state index >= 15 is 0 Å². The first-order valence-corrected chi connectivity index (χ1v) is 9.37. The number of para-hydroxylation sites is 1. The van der Waals surface area contributed by atoms with E-state index in [0.717, 1.165) is 25.9 Å². The highest BCUT2D eigenvalue weighted by atomic mass is 35.5. The number of hydrogen-bond acceptors (Lipinski definition) is 5. The molecule has 1 fully saturated rings. The van der Waals surface area contributed by atoms with Gasteiger partial charge >= 0.3 is 0 Å². The maximum Gasteiger partial charge on any atom is 0.252 e. The number of halogens is 1. The van der Waals surface area contributed by atoms with Crippen molar-refractivity contribution in [2.24, 2.45) is 0 Å².